The van der Waals surface area contributed by atoms with Gasteiger partial charge >= 0.3 is 5.97 Å². The highest BCUT2D eigenvalue weighted by Gasteiger charge is 2.10. The average Bonchev–Trinajstić information content (AvgIpc) is 2.69. The molecule has 0 saturated heterocycles. The fourth-order valence-electron chi connectivity index (χ4n) is 1.53. The second-order valence-electron chi connectivity index (χ2n) is 3.63. The van der Waals surface area contributed by atoms with Crippen LogP contribution in [0, 0.1) is 6.92 Å². The molecule has 0 amide bonds. The second-order valence-corrected chi connectivity index (χ2v) is 4.04. The Hall–Kier alpha value is -1.88. The van der Waals surface area contributed by atoms with Crippen LogP contribution in [0.5, 0.6) is 0 Å². The number of carboxylic acid groups (broad SMARTS) is 1. The summed E-state index contributed by atoms with van der Waals surface area (Å²) in [5.41, 5.74) is 2.43. The first-order valence-corrected chi connectivity index (χ1v) is 5.32. The number of carbonyl (C=O) groups is 1. The van der Waals surface area contributed by atoms with Gasteiger partial charge in [-0.1, -0.05) is 22.9 Å². The summed E-state index contributed by atoms with van der Waals surface area (Å²) in [6.45, 7) is 1.67. The molecule has 0 aliphatic heterocycles. The van der Waals surface area contributed by atoms with Gasteiger partial charge in [0.25, 0.3) is 0 Å². The molecule has 0 fully saturated rings. The number of aryl methyl sites for hydroxylation is 1. The van der Waals surface area contributed by atoms with Gasteiger partial charge in [-0.05, 0) is 24.6 Å². The summed E-state index contributed by atoms with van der Waals surface area (Å²) in [7, 11) is 0. The molecule has 0 aliphatic rings. The highest BCUT2D eigenvalue weighted by atomic mass is 35.5. The number of hydrogen-bond donors (Lipinski definition) is 1. The molecule has 1 N–H and O–H groups in total. The number of nitrogens with zero attached hydrogens (tertiary/aromatic N) is 3. The van der Waals surface area contributed by atoms with Crippen molar-refractivity contribution < 1.29 is 9.90 Å². The number of aromatic nitrogens is 3. The van der Waals surface area contributed by atoms with Gasteiger partial charge in [0.15, 0.2) is 0 Å². The fraction of sp³-hybridized carbons (Fsp3) is 0.182. The Morgan fingerprint density at radius 3 is 2.94 bits per heavy atom. The third-order valence-corrected chi connectivity index (χ3v) is 2.78. The molecule has 0 radical (unpaired) electrons. The Labute approximate surface area is 103 Å². The van der Waals surface area contributed by atoms with Crippen LogP contribution in [-0.4, -0.2) is 26.1 Å². The molecule has 2 rings (SSSR count). The van der Waals surface area contributed by atoms with E-state index in [2.05, 4.69) is 10.3 Å². The minimum atomic E-state index is -0.956. The van der Waals surface area contributed by atoms with Crippen molar-refractivity contribution in [2.24, 2.45) is 0 Å². The third kappa shape index (κ3) is 2.45. The molecule has 88 valence electrons. The number of rotatable bonds is 3. The van der Waals surface area contributed by atoms with E-state index in [1.165, 1.54) is 10.9 Å². The van der Waals surface area contributed by atoms with Crippen molar-refractivity contribution in [3.63, 3.8) is 0 Å². The first-order chi connectivity index (χ1) is 8.08. The average molecular weight is 252 g/mol. The lowest BCUT2D eigenvalue weighted by Crippen LogP contribution is -2.11. The molecule has 17 heavy (non-hydrogen) atoms. The van der Waals surface area contributed by atoms with E-state index >= 15 is 0 Å². The predicted octanol–water partition coefficient (Wildman–Crippen LogP) is 1.99. The van der Waals surface area contributed by atoms with Crippen molar-refractivity contribution in [1.82, 2.24) is 15.0 Å². The fourth-order valence-corrected chi connectivity index (χ4v) is 1.65. The normalized spacial score (nSPS) is 10.5. The minimum absolute atomic E-state index is 0.211. The molecule has 6 heteroatoms. The van der Waals surface area contributed by atoms with E-state index in [0.717, 1.165) is 11.1 Å². The van der Waals surface area contributed by atoms with Crippen LogP contribution in [0.15, 0.2) is 24.4 Å². The SMILES string of the molecule is Cc1cc(-c2cnnn2CC(=O)O)ccc1Cl. The van der Waals surface area contributed by atoms with Crippen molar-refractivity contribution in [2.45, 2.75) is 13.5 Å². The second kappa shape index (κ2) is 4.55. The minimum Gasteiger partial charge on any atom is -0.480 e. The molecule has 0 aliphatic carbocycles. The van der Waals surface area contributed by atoms with Crippen LogP contribution in [0.1, 0.15) is 5.56 Å². The summed E-state index contributed by atoms with van der Waals surface area (Å²) in [6, 6.07) is 5.45. The summed E-state index contributed by atoms with van der Waals surface area (Å²) in [5, 5.41) is 16.9. The van der Waals surface area contributed by atoms with Gasteiger partial charge in [0.2, 0.25) is 0 Å². The zero-order chi connectivity index (χ0) is 12.4. The van der Waals surface area contributed by atoms with E-state index < -0.39 is 5.97 Å². The Morgan fingerprint density at radius 1 is 1.53 bits per heavy atom. The summed E-state index contributed by atoms with van der Waals surface area (Å²) in [4.78, 5) is 10.7. The molecule has 0 spiro atoms. The van der Waals surface area contributed by atoms with Crippen LogP contribution in [0.3, 0.4) is 0 Å². The van der Waals surface area contributed by atoms with Crippen LogP contribution in [0.2, 0.25) is 5.02 Å². The van der Waals surface area contributed by atoms with E-state index in [1.54, 1.807) is 6.07 Å². The molecule has 2 aromatic rings. The zero-order valence-corrected chi connectivity index (χ0v) is 9.85. The first kappa shape index (κ1) is 11.6. The van der Waals surface area contributed by atoms with E-state index in [0.29, 0.717) is 10.7 Å². The molecule has 1 heterocycles. The Balaban J connectivity index is 2.42. The lowest BCUT2D eigenvalue weighted by atomic mass is 10.1. The summed E-state index contributed by atoms with van der Waals surface area (Å²) in [6.07, 6.45) is 1.53. The Morgan fingerprint density at radius 2 is 2.29 bits per heavy atom. The van der Waals surface area contributed by atoms with Gasteiger partial charge < -0.3 is 5.11 Å². The molecule has 0 saturated carbocycles. The van der Waals surface area contributed by atoms with Crippen LogP contribution in [0.25, 0.3) is 11.3 Å². The predicted molar refractivity (Wildman–Crippen MR) is 62.8 cm³/mol. The van der Waals surface area contributed by atoms with E-state index in [4.69, 9.17) is 16.7 Å². The molecular weight excluding hydrogens is 242 g/mol. The Bertz CT molecular complexity index is 566. The number of aliphatic carboxylic acids is 1. The monoisotopic (exact) mass is 251 g/mol. The number of carboxylic acids is 1. The van der Waals surface area contributed by atoms with E-state index in [9.17, 15) is 4.79 Å². The maximum absolute atomic E-state index is 10.7. The maximum atomic E-state index is 10.7. The van der Waals surface area contributed by atoms with Crippen molar-refractivity contribution in [2.75, 3.05) is 0 Å². The molecule has 1 aromatic heterocycles. The zero-order valence-electron chi connectivity index (χ0n) is 9.09. The van der Waals surface area contributed by atoms with Crippen LogP contribution >= 0.6 is 11.6 Å². The van der Waals surface area contributed by atoms with Crippen molar-refractivity contribution >= 4 is 17.6 Å². The molecular formula is C11H10ClN3O2. The Kier molecular flexibility index (Phi) is 3.10. The van der Waals surface area contributed by atoms with E-state index in [1.807, 2.05) is 19.1 Å². The summed E-state index contributed by atoms with van der Waals surface area (Å²) in [5.74, 6) is -0.956. The van der Waals surface area contributed by atoms with Gasteiger partial charge in [-0.2, -0.15) is 0 Å². The van der Waals surface area contributed by atoms with Gasteiger partial charge in [0.1, 0.15) is 6.54 Å². The third-order valence-electron chi connectivity index (χ3n) is 2.36. The lowest BCUT2D eigenvalue weighted by Gasteiger charge is -2.05. The highest BCUT2D eigenvalue weighted by Crippen LogP contribution is 2.23. The number of hydrogen-bond acceptors (Lipinski definition) is 3. The topological polar surface area (TPSA) is 68.0 Å². The standard InChI is InChI=1S/C11H10ClN3O2/c1-7-4-8(2-3-9(7)12)10-5-13-14-15(10)6-11(16)17/h2-5H,6H2,1H3,(H,16,17). The number of halogens is 1. The first-order valence-electron chi connectivity index (χ1n) is 4.95. The smallest absolute Gasteiger partial charge is 0.325 e. The van der Waals surface area contributed by atoms with E-state index in [-0.39, 0.29) is 6.54 Å². The van der Waals surface area contributed by atoms with Crippen LogP contribution in [0.4, 0.5) is 0 Å². The van der Waals surface area contributed by atoms with Crippen molar-refractivity contribution in [1.29, 1.82) is 0 Å². The molecule has 0 unspecified atom stereocenters. The quantitative estimate of drug-likeness (QED) is 0.906. The highest BCUT2D eigenvalue weighted by molar-refractivity contribution is 6.31. The van der Waals surface area contributed by atoms with Crippen molar-refractivity contribution in [3.8, 4) is 11.3 Å². The summed E-state index contributed by atoms with van der Waals surface area (Å²) >= 11 is 5.93. The van der Waals surface area contributed by atoms with Crippen molar-refractivity contribution in [3.05, 3.63) is 35.0 Å². The van der Waals surface area contributed by atoms with Gasteiger partial charge in [-0.3, -0.25) is 4.79 Å². The molecule has 1 aromatic carbocycles. The molecule has 0 atom stereocenters. The molecule has 5 nitrogen and oxygen atoms in total. The van der Waals surface area contributed by atoms with Gasteiger partial charge in [0, 0.05) is 10.6 Å². The van der Waals surface area contributed by atoms with Crippen LogP contribution in [-0.2, 0) is 11.3 Å². The van der Waals surface area contributed by atoms with Gasteiger partial charge in [0.05, 0.1) is 11.9 Å². The largest absolute Gasteiger partial charge is 0.480 e. The molecule has 0 bridgehead atoms. The van der Waals surface area contributed by atoms with Crippen LogP contribution < -0.4 is 0 Å². The van der Waals surface area contributed by atoms with Gasteiger partial charge in [-0.15, -0.1) is 5.10 Å². The number of benzene rings is 1. The maximum Gasteiger partial charge on any atom is 0.325 e. The summed E-state index contributed by atoms with van der Waals surface area (Å²) < 4.78 is 1.34. The van der Waals surface area contributed by atoms with Gasteiger partial charge in [-0.25, -0.2) is 4.68 Å². The lowest BCUT2D eigenvalue weighted by molar-refractivity contribution is -0.137.